The summed E-state index contributed by atoms with van der Waals surface area (Å²) in [5.41, 5.74) is 2.00. The third kappa shape index (κ3) is 4.49. The van der Waals surface area contributed by atoms with E-state index in [0.29, 0.717) is 13.2 Å². The molecule has 2 aliphatic carbocycles. The van der Waals surface area contributed by atoms with Crippen LogP contribution in [0.3, 0.4) is 0 Å². The lowest BCUT2D eigenvalue weighted by atomic mass is 9.84. The number of benzene rings is 2. The van der Waals surface area contributed by atoms with Gasteiger partial charge < -0.3 is 29.2 Å². The Labute approximate surface area is 189 Å². The quantitative estimate of drug-likeness (QED) is 0.718. The van der Waals surface area contributed by atoms with E-state index in [4.69, 9.17) is 18.9 Å². The summed E-state index contributed by atoms with van der Waals surface area (Å²) in [6.45, 7) is 0.648. The van der Waals surface area contributed by atoms with E-state index >= 15 is 0 Å². The maximum atomic E-state index is 11.0. The molecule has 0 aromatic heterocycles. The molecule has 0 amide bonds. The zero-order chi connectivity index (χ0) is 22.0. The fourth-order valence-electron chi connectivity index (χ4n) is 5.19. The molecular formula is C26H32O6. The van der Waals surface area contributed by atoms with Crippen LogP contribution in [0, 0.1) is 0 Å². The van der Waals surface area contributed by atoms with Gasteiger partial charge in [-0.25, -0.2) is 0 Å². The van der Waals surface area contributed by atoms with Crippen molar-refractivity contribution in [2.75, 3.05) is 0 Å². The molecule has 172 valence electrons. The Morgan fingerprint density at radius 1 is 0.688 bits per heavy atom. The van der Waals surface area contributed by atoms with Crippen molar-refractivity contribution in [3.63, 3.8) is 0 Å². The minimum atomic E-state index is -1.14. The summed E-state index contributed by atoms with van der Waals surface area (Å²) in [4.78, 5) is 0. The van der Waals surface area contributed by atoms with Crippen LogP contribution in [0.15, 0.2) is 60.7 Å². The molecule has 2 N–H and O–H groups in total. The van der Waals surface area contributed by atoms with Crippen molar-refractivity contribution in [2.45, 2.75) is 87.7 Å². The van der Waals surface area contributed by atoms with Crippen LogP contribution in [-0.2, 0) is 32.2 Å². The Balaban J connectivity index is 1.36. The van der Waals surface area contributed by atoms with Crippen LogP contribution in [-0.4, -0.2) is 52.6 Å². The molecule has 3 fully saturated rings. The lowest BCUT2D eigenvalue weighted by molar-refractivity contribution is -0.223. The van der Waals surface area contributed by atoms with E-state index in [0.717, 1.165) is 43.2 Å². The number of hydrogen-bond acceptors (Lipinski definition) is 6. The predicted molar refractivity (Wildman–Crippen MR) is 118 cm³/mol. The van der Waals surface area contributed by atoms with E-state index in [-0.39, 0.29) is 0 Å². The molecule has 6 nitrogen and oxygen atoms in total. The number of ether oxygens (including phenoxy) is 4. The zero-order valence-electron chi connectivity index (χ0n) is 18.2. The number of fused-ring (bicyclic) bond motifs is 1. The van der Waals surface area contributed by atoms with Crippen LogP contribution in [0.5, 0.6) is 0 Å². The van der Waals surface area contributed by atoms with E-state index < -0.39 is 42.4 Å². The molecule has 2 aromatic rings. The van der Waals surface area contributed by atoms with Crippen molar-refractivity contribution >= 4 is 0 Å². The first kappa shape index (κ1) is 22.0. The Morgan fingerprint density at radius 2 is 1.12 bits per heavy atom. The summed E-state index contributed by atoms with van der Waals surface area (Å²) in [5, 5.41) is 22.1. The second-order valence-electron chi connectivity index (χ2n) is 9.14. The van der Waals surface area contributed by atoms with Crippen LogP contribution in [0.2, 0.25) is 0 Å². The molecule has 1 saturated heterocycles. The average Bonchev–Trinajstić information content (AvgIpc) is 3.19. The molecule has 2 saturated carbocycles. The van der Waals surface area contributed by atoms with Gasteiger partial charge in [0.1, 0.15) is 36.6 Å². The Kier molecular flexibility index (Phi) is 6.60. The minimum absolute atomic E-state index is 0.324. The van der Waals surface area contributed by atoms with Crippen LogP contribution >= 0.6 is 0 Å². The summed E-state index contributed by atoms with van der Waals surface area (Å²) in [7, 11) is 0. The minimum Gasteiger partial charge on any atom is -0.387 e. The van der Waals surface area contributed by atoms with Crippen molar-refractivity contribution in [3.05, 3.63) is 71.8 Å². The summed E-state index contributed by atoms with van der Waals surface area (Å²) in [5.74, 6) is -0.680. The standard InChI is InChI=1S/C26H32O6/c27-20-21(28)23(30-17-19-12-6-2-7-13-19)25-24(31-26(32-25)14-8-3-9-15-26)22(20)29-16-18-10-4-1-5-11-18/h1-2,4-7,10-13,20-25,27-28H,3,8-9,14-17H2/t20-,21+,22-,23+,24-,25-/m0/s1. The molecule has 6 heteroatoms. The van der Waals surface area contributed by atoms with Gasteiger partial charge in [-0.3, -0.25) is 0 Å². The van der Waals surface area contributed by atoms with Crippen molar-refractivity contribution in [1.82, 2.24) is 0 Å². The molecule has 1 aliphatic heterocycles. The maximum absolute atomic E-state index is 11.0. The van der Waals surface area contributed by atoms with E-state index in [9.17, 15) is 10.2 Å². The van der Waals surface area contributed by atoms with Gasteiger partial charge in [-0.2, -0.15) is 0 Å². The molecule has 0 radical (unpaired) electrons. The molecule has 5 rings (SSSR count). The lowest BCUT2D eigenvalue weighted by Gasteiger charge is -2.43. The molecule has 2 aromatic carbocycles. The van der Waals surface area contributed by atoms with E-state index in [2.05, 4.69) is 0 Å². The first-order valence-electron chi connectivity index (χ1n) is 11.7. The molecule has 1 heterocycles. The highest BCUT2D eigenvalue weighted by Gasteiger charge is 2.61. The number of hydrogen-bond donors (Lipinski definition) is 2. The fraction of sp³-hybridized carbons (Fsp3) is 0.538. The molecule has 32 heavy (non-hydrogen) atoms. The molecular weight excluding hydrogens is 408 g/mol. The van der Waals surface area contributed by atoms with Gasteiger partial charge in [0.25, 0.3) is 0 Å². The van der Waals surface area contributed by atoms with Crippen molar-refractivity contribution in [2.24, 2.45) is 0 Å². The van der Waals surface area contributed by atoms with Gasteiger partial charge >= 0.3 is 0 Å². The van der Waals surface area contributed by atoms with Crippen molar-refractivity contribution in [1.29, 1.82) is 0 Å². The van der Waals surface area contributed by atoms with Gasteiger partial charge in [0.15, 0.2) is 5.79 Å². The first-order valence-corrected chi connectivity index (χ1v) is 11.7. The summed E-state index contributed by atoms with van der Waals surface area (Å²) >= 11 is 0. The van der Waals surface area contributed by atoms with Crippen LogP contribution in [0.4, 0.5) is 0 Å². The number of aliphatic hydroxyl groups excluding tert-OH is 2. The topological polar surface area (TPSA) is 77.4 Å². The first-order chi connectivity index (χ1) is 15.7. The Hall–Kier alpha value is -1.80. The third-order valence-electron chi connectivity index (χ3n) is 6.88. The van der Waals surface area contributed by atoms with E-state index in [1.165, 1.54) is 0 Å². The third-order valence-corrected chi connectivity index (χ3v) is 6.88. The predicted octanol–water partition coefficient (Wildman–Crippen LogP) is 3.34. The largest absolute Gasteiger partial charge is 0.387 e. The molecule has 6 atom stereocenters. The van der Waals surface area contributed by atoms with Gasteiger partial charge in [0, 0.05) is 12.8 Å². The highest BCUT2D eigenvalue weighted by atomic mass is 16.8. The Bertz CT molecular complexity index is 788. The van der Waals surface area contributed by atoms with Crippen LogP contribution < -0.4 is 0 Å². The van der Waals surface area contributed by atoms with Gasteiger partial charge in [-0.05, 0) is 24.0 Å². The van der Waals surface area contributed by atoms with Gasteiger partial charge in [-0.1, -0.05) is 67.1 Å². The van der Waals surface area contributed by atoms with Gasteiger partial charge in [-0.15, -0.1) is 0 Å². The SMILES string of the molecule is O[C@@H]1[C@H](O)[C@H](OCc2ccccc2)[C@@H]2OC3(CCCCC3)O[C@H]2[C@@H]1OCc1ccccc1. The molecule has 1 spiro atoms. The zero-order valence-corrected chi connectivity index (χ0v) is 18.2. The van der Waals surface area contributed by atoms with Crippen molar-refractivity contribution in [3.8, 4) is 0 Å². The summed E-state index contributed by atoms with van der Waals surface area (Å²) in [6.07, 6.45) is 0.174. The molecule has 0 unspecified atom stereocenters. The van der Waals surface area contributed by atoms with Crippen LogP contribution in [0.25, 0.3) is 0 Å². The highest BCUT2D eigenvalue weighted by molar-refractivity contribution is 5.15. The fourth-order valence-corrected chi connectivity index (χ4v) is 5.19. The van der Waals surface area contributed by atoms with Crippen molar-refractivity contribution < 1.29 is 29.2 Å². The normalized spacial score (nSPS) is 33.8. The van der Waals surface area contributed by atoms with Gasteiger partial charge in [0.05, 0.1) is 13.2 Å². The number of aliphatic hydroxyl groups is 2. The van der Waals surface area contributed by atoms with Gasteiger partial charge in [0.2, 0.25) is 0 Å². The molecule has 3 aliphatic rings. The number of rotatable bonds is 6. The molecule has 0 bridgehead atoms. The highest BCUT2D eigenvalue weighted by Crippen LogP contribution is 2.46. The van der Waals surface area contributed by atoms with E-state index in [1.807, 2.05) is 60.7 Å². The Morgan fingerprint density at radius 3 is 1.56 bits per heavy atom. The van der Waals surface area contributed by atoms with Crippen LogP contribution in [0.1, 0.15) is 43.2 Å². The second kappa shape index (κ2) is 9.59. The maximum Gasteiger partial charge on any atom is 0.169 e. The monoisotopic (exact) mass is 440 g/mol. The smallest absolute Gasteiger partial charge is 0.169 e. The average molecular weight is 441 g/mol. The second-order valence-corrected chi connectivity index (χ2v) is 9.14. The summed E-state index contributed by atoms with van der Waals surface area (Å²) in [6, 6.07) is 19.6. The summed E-state index contributed by atoms with van der Waals surface area (Å²) < 4.78 is 25.3. The lowest BCUT2D eigenvalue weighted by Crippen LogP contribution is -2.63. The van der Waals surface area contributed by atoms with E-state index in [1.54, 1.807) is 0 Å².